The van der Waals surface area contributed by atoms with Crippen LogP contribution in [0.1, 0.15) is 19.8 Å². The molecule has 1 N–H and O–H groups in total. The highest BCUT2D eigenvalue weighted by Gasteiger charge is 2.30. The van der Waals surface area contributed by atoms with Gasteiger partial charge in [0.25, 0.3) is 0 Å². The molecule has 0 radical (unpaired) electrons. The molecule has 1 aliphatic rings. The van der Waals surface area contributed by atoms with Gasteiger partial charge in [0, 0.05) is 30.4 Å². The SMILES string of the molecule is CC(C(=O)O)C(=O)N1CCC(Oc2cccc(Br)c2)CC1. The molecular weight excluding hydrogens is 338 g/mol. The third-order valence-electron chi connectivity index (χ3n) is 3.59. The van der Waals surface area contributed by atoms with Crippen molar-refractivity contribution in [3.8, 4) is 5.75 Å². The van der Waals surface area contributed by atoms with Crippen LogP contribution in [0.3, 0.4) is 0 Å². The lowest BCUT2D eigenvalue weighted by Gasteiger charge is -2.33. The number of rotatable bonds is 4. The van der Waals surface area contributed by atoms with Crippen LogP contribution in [0.4, 0.5) is 0 Å². The molecule has 0 bridgehead atoms. The van der Waals surface area contributed by atoms with Gasteiger partial charge in [-0.25, -0.2) is 0 Å². The van der Waals surface area contributed by atoms with Crippen molar-refractivity contribution in [2.24, 2.45) is 5.92 Å². The second-order valence-corrected chi connectivity index (χ2v) is 6.08. The highest BCUT2D eigenvalue weighted by atomic mass is 79.9. The van der Waals surface area contributed by atoms with Crippen molar-refractivity contribution < 1.29 is 19.4 Å². The number of benzene rings is 1. The number of ether oxygens (including phenoxy) is 1. The van der Waals surface area contributed by atoms with Crippen LogP contribution in [0, 0.1) is 5.92 Å². The minimum absolute atomic E-state index is 0.0588. The van der Waals surface area contributed by atoms with Gasteiger partial charge in [0.05, 0.1) is 0 Å². The van der Waals surface area contributed by atoms with Crippen molar-refractivity contribution in [1.29, 1.82) is 0 Å². The summed E-state index contributed by atoms with van der Waals surface area (Å²) in [7, 11) is 0. The predicted octanol–water partition coefficient (Wildman–Crippen LogP) is 2.54. The number of amides is 1. The van der Waals surface area contributed by atoms with E-state index in [0.717, 1.165) is 10.2 Å². The number of carbonyl (C=O) groups excluding carboxylic acids is 1. The number of likely N-dealkylation sites (tertiary alicyclic amines) is 1. The first-order valence-electron chi connectivity index (χ1n) is 6.91. The fourth-order valence-corrected chi connectivity index (χ4v) is 2.68. The van der Waals surface area contributed by atoms with Crippen LogP contribution in [0.5, 0.6) is 5.75 Å². The number of carbonyl (C=O) groups is 2. The number of hydrogen-bond acceptors (Lipinski definition) is 3. The molecule has 0 aliphatic carbocycles. The number of piperidine rings is 1. The van der Waals surface area contributed by atoms with Crippen LogP contribution in [-0.4, -0.2) is 41.1 Å². The zero-order valence-corrected chi connectivity index (χ0v) is 13.4. The summed E-state index contributed by atoms with van der Waals surface area (Å²) in [5, 5.41) is 8.88. The number of carboxylic acid groups (broad SMARTS) is 1. The molecule has 0 spiro atoms. The molecule has 1 aliphatic heterocycles. The maximum atomic E-state index is 11.9. The number of aliphatic carboxylic acids is 1. The fraction of sp³-hybridized carbons (Fsp3) is 0.467. The van der Waals surface area contributed by atoms with Crippen molar-refractivity contribution in [3.05, 3.63) is 28.7 Å². The van der Waals surface area contributed by atoms with Gasteiger partial charge in [0.15, 0.2) is 0 Å². The third-order valence-corrected chi connectivity index (χ3v) is 4.09. The molecule has 1 heterocycles. The molecule has 1 aromatic carbocycles. The maximum absolute atomic E-state index is 11.9. The Balaban J connectivity index is 1.86. The molecule has 2 rings (SSSR count). The summed E-state index contributed by atoms with van der Waals surface area (Å²) >= 11 is 3.40. The smallest absolute Gasteiger partial charge is 0.315 e. The fourth-order valence-electron chi connectivity index (χ4n) is 2.31. The van der Waals surface area contributed by atoms with E-state index in [-0.39, 0.29) is 12.0 Å². The van der Waals surface area contributed by atoms with Gasteiger partial charge in [-0.15, -0.1) is 0 Å². The zero-order valence-electron chi connectivity index (χ0n) is 11.8. The van der Waals surface area contributed by atoms with Crippen LogP contribution in [-0.2, 0) is 9.59 Å². The Morgan fingerprint density at radius 3 is 2.62 bits per heavy atom. The van der Waals surface area contributed by atoms with Crippen molar-refractivity contribution in [3.63, 3.8) is 0 Å². The Kier molecular flexibility index (Phi) is 5.22. The topological polar surface area (TPSA) is 66.8 Å². The second kappa shape index (κ2) is 6.93. The molecule has 1 fully saturated rings. The highest BCUT2D eigenvalue weighted by Crippen LogP contribution is 2.23. The van der Waals surface area contributed by atoms with E-state index in [0.29, 0.717) is 25.9 Å². The molecule has 5 nitrogen and oxygen atoms in total. The Morgan fingerprint density at radius 2 is 2.05 bits per heavy atom. The molecule has 1 amide bonds. The van der Waals surface area contributed by atoms with E-state index in [4.69, 9.17) is 9.84 Å². The van der Waals surface area contributed by atoms with Gasteiger partial charge < -0.3 is 14.7 Å². The summed E-state index contributed by atoms with van der Waals surface area (Å²) in [4.78, 5) is 24.4. The van der Waals surface area contributed by atoms with Crippen LogP contribution < -0.4 is 4.74 Å². The van der Waals surface area contributed by atoms with Gasteiger partial charge in [0.1, 0.15) is 17.8 Å². The van der Waals surface area contributed by atoms with Gasteiger partial charge in [0.2, 0.25) is 5.91 Å². The summed E-state index contributed by atoms with van der Waals surface area (Å²) in [6.45, 7) is 2.50. The Bertz CT molecular complexity index is 526. The summed E-state index contributed by atoms with van der Waals surface area (Å²) in [5.74, 6) is -1.57. The lowest BCUT2D eigenvalue weighted by molar-refractivity contribution is -0.151. The van der Waals surface area contributed by atoms with Crippen molar-refractivity contribution in [2.45, 2.75) is 25.9 Å². The average molecular weight is 356 g/mol. The first-order chi connectivity index (χ1) is 9.97. The van der Waals surface area contributed by atoms with Crippen molar-refractivity contribution in [2.75, 3.05) is 13.1 Å². The number of halogens is 1. The molecule has 1 unspecified atom stereocenters. The standard InChI is InChI=1S/C15H18BrNO4/c1-10(15(19)20)14(18)17-7-5-12(6-8-17)21-13-4-2-3-11(16)9-13/h2-4,9-10,12H,5-8H2,1H3,(H,19,20). The number of carboxylic acids is 1. The molecule has 0 aromatic heterocycles. The number of nitrogens with zero attached hydrogens (tertiary/aromatic N) is 1. The highest BCUT2D eigenvalue weighted by molar-refractivity contribution is 9.10. The van der Waals surface area contributed by atoms with Gasteiger partial charge in [-0.1, -0.05) is 22.0 Å². The molecular formula is C15H18BrNO4. The normalized spacial score (nSPS) is 17.3. The lowest BCUT2D eigenvalue weighted by Crippen LogP contribution is -2.45. The third kappa shape index (κ3) is 4.20. The minimum Gasteiger partial charge on any atom is -0.490 e. The van der Waals surface area contributed by atoms with Gasteiger partial charge >= 0.3 is 5.97 Å². The van der Waals surface area contributed by atoms with E-state index in [1.54, 1.807) is 4.90 Å². The summed E-state index contributed by atoms with van der Waals surface area (Å²) in [6, 6.07) is 7.65. The van der Waals surface area contributed by atoms with E-state index < -0.39 is 11.9 Å². The van der Waals surface area contributed by atoms with E-state index in [9.17, 15) is 9.59 Å². The quantitative estimate of drug-likeness (QED) is 0.842. The summed E-state index contributed by atoms with van der Waals surface area (Å²) in [5.41, 5.74) is 0. The first-order valence-corrected chi connectivity index (χ1v) is 7.70. The molecule has 6 heteroatoms. The van der Waals surface area contributed by atoms with Crippen molar-refractivity contribution in [1.82, 2.24) is 4.90 Å². The molecule has 114 valence electrons. The second-order valence-electron chi connectivity index (χ2n) is 5.16. The first kappa shape index (κ1) is 15.8. The largest absolute Gasteiger partial charge is 0.490 e. The van der Waals surface area contributed by atoms with E-state index in [1.165, 1.54) is 6.92 Å². The van der Waals surface area contributed by atoms with E-state index in [2.05, 4.69) is 15.9 Å². The number of hydrogen-bond donors (Lipinski definition) is 1. The summed E-state index contributed by atoms with van der Waals surface area (Å²) < 4.78 is 6.85. The molecule has 1 atom stereocenters. The Hall–Kier alpha value is -1.56. The van der Waals surface area contributed by atoms with Crippen molar-refractivity contribution >= 4 is 27.8 Å². The van der Waals surface area contributed by atoms with Crippen LogP contribution in [0.2, 0.25) is 0 Å². The van der Waals surface area contributed by atoms with E-state index in [1.807, 2.05) is 24.3 Å². The Labute approximate surface area is 132 Å². The maximum Gasteiger partial charge on any atom is 0.315 e. The predicted molar refractivity (Wildman–Crippen MR) is 81.2 cm³/mol. The zero-order chi connectivity index (χ0) is 15.4. The van der Waals surface area contributed by atoms with Crippen LogP contribution in [0.25, 0.3) is 0 Å². The van der Waals surface area contributed by atoms with E-state index >= 15 is 0 Å². The van der Waals surface area contributed by atoms with Gasteiger partial charge in [-0.2, -0.15) is 0 Å². The van der Waals surface area contributed by atoms with Crippen LogP contribution in [0.15, 0.2) is 28.7 Å². The molecule has 1 saturated heterocycles. The minimum atomic E-state index is -1.08. The molecule has 1 aromatic rings. The Morgan fingerprint density at radius 1 is 1.38 bits per heavy atom. The van der Waals surface area contributed by atoms with Gasteiger partial charge in [-0.3, -0.25) is 9.59 Å². The summed E-state index contributed by atoms with van der Waals surface area (Å²) in [6.07, 6.45) is 1.48. The molecule has 0 saturated carbocycles. The van der Waals surface area contributed by atoms with Gasteiger partial charge in [-0.05, 0) is 25.1 Å². The lowest BCUT2D eigenvalue weighted by atomic mass is 10.0. The average Bonchev–Trinajstić information content (AvgIpc) is 2.46. The monoisotopic (exact) mass is 355 g/mol. The van der Waals surface area contributed by atoms with Crippen LogP contribution >= 0.6 is 15.9 Å². The molecule has 21 heavy (non-hydrogen) atoms.